The minimum atomic E-state index is 0.255. The van der Waals surface area contributed by atoms with E-state index in [2.05, 4.69) is 51.3 Å². The Kier molecular flexibility index (Phi) is 2.59. The molecule has 0 saturated heterocycles. The molecule has 2 aromatic rings. The lowest BCUT2D eigenvalue weighted by Gasteiger charge is -2.18. The first-order valence-corrected chi connectivity index (χ1v) is 6.41. The van der Waals surface area contributed by atoms with Crippen LogP contribution in [0, 0.1) is 0 Å². The second-order valence-corrected chi connectivity index (χ2v) is 5.99. The molecule has 0 aliphatic heterocycles. The van der Waals surface area contributed by atoms with E-state index in [0.717, 1.165) is 6.42 Å². The summed E-state index contributed by atoms with van der Waals surface area (Å²) in [6.07, 6.45) is 1.13. The minimum Gasteiger partial charge on any atom is -0.144 e. The summed E-state index contributed by atoms with van der Waals surface area (Å²) in [5.74, 6) is 0. The number of hydrogen-bond donors (Lipinski definition) is 0. The van der Waals surface area contributed by atoms with Crippen molar-refractivity contribution in [2.45, 2.75) is 39.5 Å². The molecule has 0 saturated carbocycles. The molecular weight excluding hydrogens is 200 g/mol. The van der Waals surface area contributed by atoms with Gasteiger partial charge in [-0.25, -0.2) is 0 Å². The van der Waals surface area contributed by atoms with Crippen LogP contribution in [0.3, 0.4) is 0 Å². The fourth-order valence-electron chi connectivity index (χ4n) is 1.82. The van der Waals surface area contributed by atoms with E-state index in [1.54, 1.807) is 0 Å². The first-order chi connectivity index (χ1) is 7.02. The van der Waals surface area contributed by atoms with Gasteiger partial charge in [0.25, 0.3) is 0 Å². The molecule has 1 heteroatoms. The van der Waals surface area contributed by atoms with Crippen molar-refractivity contribution in [3.63, 3.8) is 0 Å². The van der Waals surface area contributed by atoms with Crippen molar-refractivity contribution in [2.24, 2.45) is 0 Å². The Bertz CT molecular complexity index is 472. The highest BCUT2D eigenvalue weighted by Crippen LogP contribution is 2.31. The van der Waals surface area contributed by atoms with Gasteiger partial charge in [0.05, 0.1) is 0 Å². The Balaban J connectivity index is 2.58. The standard InChI is InChI=1S/C14H18S/c1-5-10-9-15-13-8-11(14(2,3)4)6-7-12(10)13/h6-9H,5H2,1-4H3. The summed E-state index contributed by atoms with van der Waals surface area (Å²) in [5, 5.41) is 3.73. The first-order valence-electron chi connectivity index (χ1n) is 5.53. The van der Waals surface area contributed by atoms with Gasteiger partial charge in [-0.15, -0.1) is 11.3 Å². The van der Waals surface area contributed by atoms with Crippen LogP contribution in [0.15, 0.2) is 23.6 Å². The molecule has 15 heavy (non-hydrogen) atoms. The van der Waals surface area contributed by atoms with E-state index in [9.17, 15) is 0 Å². The second kappa shape index (κ2) is 3.64. The van der Waals surface area contributed by atoms with Gasteiger partial charge in [-0.2, -0.15) is 0 Å². The van der Waals surface area contributed by atoms with Crippen molar-refractivity contribution < 1.29 is 0 Å². The molecule has 0 unspecified atom stereocenters. The molecule has 0 bridgehead atoms. The third kappa shape index (κ3) is 1.93. The van der Waals surface area contributed by atoms with E-state index >= 15 is 0 Å². The Morgan fingerprint density at radius 1 is 1.20 bits per heavy atom. The van der Waals surface area contributed by atoms with Crippen LogP contribution in [-0.4, -0.2) is 0 Å². The van der Waals surface area contributed by atoms with Crippen molar-refractivity contribution in [1.82, 2.24) is 0 Å². The van der Waals surface area contributed by atoms with Crippen molar-refractivity contribution in [3.8, 4) is 0 Å². The van der Waals surface area contributed by atoms with Gasteiger partial charge in [-0.05, 0) is 39.8 Å². The highest BCUT2D eigenvalue weighted by atomic mass is 32.1. The largest absolute Gasteiger partial charge is 0.144 e. The molecule has 0 radical (unpaired) electrons. The van der Waals surface area contributed by atoms with Crippen molar-refractivity contribution in [2.75, 3.05) is 0 Å². The number of aryl methyl sites for hydroxylation is 1. The third-order valence-electron chi connectivity index (χ3n) is 2.90. The lowest BCUT2D eigenvalue weighted by molar-refractivity contribution is 0.591. The van der Waals surface area contributed by atoms with Crippen LogP contribution < -0.4 is 0 Å². The zero-order chi connectivity index (χ0) is 11.1. The predicted molar refractivity (Wildman–Crippen MR) is 69.9 cm³/mol. The summed E-state index contributed by atoms with van der Waals surface area (Å²) in [7, 11) is 0. The molecule has 80 valence electrons. The maximum Gasteiger partial charge on any atom is 0.0348 e. The molecule has 1 heterocycles. The normalized spacial score (nSPS) is 12.3. The molecule has 0 aliphatic rings. The maximum atomic E-state index is 2.35. The molecule has 0 aliphatic carbocycles. The van der Waals surface area contributed by atoms with Gasteiger partial charge in [0.2, 0.25) is 0 Å². The molecule has 0 amide bonds. The minimum absolute atomic E-state index is 0.255. The van der Waals surface area contributed by atoms with Crippen LogP contribution in [0.5, 0.6) is 0 Å². The van der Waals surface area contributed by atoms with Gasteiger partial charge in [0.15, 0.2) is 0 Å². The van der Waals surface area contributed by atoms with E-state index in [0.29, 0.717) is 0 Å². The van der Waals surface area contributed by atoms with Gasteiger partial charge >= 0.3 is 0 Å². The van der Waals surface area contributed by atoms with Gasteiger partial charge in [0, 0.05) is 4.70 Å². The molecule has 0 N–H and O–H groups in total. The summed E-state index contributed by atoms with van der Waals surface area (Å²) >= 11 is 1.87. The molecule has 0 spiro atoms. The number of thiophene rings is 1. The van der Waals surface area contributed by atoms with Crippen LogP contribution in [0.25, 0.3) is 10.1 Å². The zero-order valence-corrected chi connectivity index (χ0v) is 10.7. The average Bonchev–Trinajstić information content (AvgIpc) is 2.58. The Hall–Kier alpha value is -0.820. The number of benzene rings is 1. The van der Waals surface area contributed by atoms with E-state index in [4.69, 9.17) is 0 Å². The Morgan fingerprint density at radius 3 is 2.53 bits per heavy atom. The van der Waals surface area contributed by atoms with Crippen molar-refractivity contribution >= 4 is 21.4 Å². The predicted octanol–water partition coefficient (Wildman–Crippen LogP) is 4.76. The van der Waals surface area contributed by atoms with Gasteiger partial charge in [-0.1, -0.05) is 39.8 Å². The molecule has 0 fully saturated rings. The molecule has 0 nitrogen and oxygen atoms in total. The second-order valence-electron chi connectivity index (χ2n) is 5.08. The van der Waals surface area contributed by atoms with Crippen LogP contribution in [0.1, 0.15) is 38.8 Å². The van der Waals surface area contributed by atoms with E-state index < -0.39 is 0 Å². The lowest BCUT2D eigenvalue weighted by Crippen LogP contribution is -2.10. The Labute approximate surface area is 95.9 Å². The Morgan fingerprint density at radius 2 is 1.93 bits per heavy atom. The zero-order valence-electron chi connectivity index (χ0n) is 9.92. The maximum absolute atomic E-state index is 2.35. The summed E-state index contributed by atoms with van der Waals surface area (Å²) < 4.78 is 1.43. The van der Waals surface area contributed by atoms with E-state index in [-0.39, 0.29) is 5.41 Å². The third-order valence-corrected chi connectivity index (χ3v) is 3.90. The molecule has 2 rings (SSSR count). The number of fused-ring (bicyclic) bond motifs is 1. The quantitative estimate of drug-likeness (QED) is 0.647. The molecule has 1 aromatic carbocycles. The van der Waals surface area contributed by atoms with Gasteiger partial charge < -0.3 is 0 Å². The fourth-order valence-corrected chi connectivity index (χ4v) is 2.91. The van der Waals surface area contributed by atoms with E-state index in [1.807, 2.05) is 11.3 Å². The SMILES string of the molecule is CCc1csc2cc(C(C)(C)C)ccc12. The van der Waals surface area contributed by atoms with E-state index in [1.165, 1.54) is 21.2 Å². The van der Waals surface area contributed by atoms with Crippen LogP contribution in [0.2, 0.25) is 0 Å². The molecule has 1 aromatic heterocycles. The van der Waals surface area contributed by atoms with Crippen LogP contribution in [-0.2, 0) is 11.8 Å². The first kappa shape index (κ1) is 10.7. The van der Waals surface area contributed by atoms with Crippen LogP contribution in [0.4, 0.5) is 0 Å². The summed E-state index contributed by atoms with van der Waals surface area (Å²) in [5.41, 5.74) is 3.17. The lowest BCUT2D eigenvalue weighted by atomic mass is 9.87. The topological polar surface area (TPSA) is 0 Å². The van der Waals surface area contributed by atoms with Gasteiger partial charge in [0.1, 0.15) is 0 Å². The average molecular weight is 218 g/mol. The highest BCUT2D eigenvalue weighted by molar-refractivity contribution is 7.17. The number of rotatable bonds is 1. The number of hydrogen-bond acceptors (Lipinski definition) is 1. The summed E-state index contributed by atoms with van der Waals surface area (Å²) in [4.78, 5) is 0. The molecule has 0 atom stereocenters. The van der Waals surface area contributed by atoms with Crippen molar-refractivity contribution in [3.05, 3.63) is 34.7 Å². The highest BCUT2D eigenvalue weighted by Gasteiger charge is 2.14. The molecular formula is C14H18S. The van der Waals surface area contributed by atoms with Gasteiger partial charge in [-0.3, -0.25) is 0 Å². The van der Waals surface area contributed by atoms with Crippen molar-refractivity contribution in [1.29, 1.82) is 0 Å². The smallest absolute Gasteiger partial charge is 0.0348 e. The fraction of sp³-hybridized carbons (Fsp3) is 0.429. The summed E-state index contributed by atoms with van der Waals surface area (Å²) in [6.45, 7) is 9.02. The summed E-state index contributed by atoms with van der Waals surface area (Å²) in [6, 6.07) is 6.90. The monoisotopic (exact) mass is 218 g/mol. The van der Waals surface area contributed by atoms with Crippen LogP contribution >= 0.6 is 11.3 Å².